The third-order valence-corrected chi connectivity index (χ3v) is 3.41. The Morgan fingerprint density at radius 2 is 2.08 bits per heavy atom. The molecule has 1 aromatic carbocycles. The summed E-state index contributed by atoms with van der Waals surface area (Å²) in [5, 5.41) is 2.88. The molecule has 0 saturated heterocycles. The summed E-state index contributed by atoms with van der Waals surface area (Å²) in [5.74, 6) is 1.16. The number of carbonyl (C=O) groups is 1. The molecule has 0 aliphatic rings. The molecule has 2 rings (SSSR count). The average molecular weight is 337 g/mol. The van der Waals surface area contributed by atoms with E-state index in [1.165, 1.54) is 0 Å². The van der Waals surface area contributed by atoms with Crippen LogP contribution in [0.4, 0.5) is 0 Å². The number of hydrogen-bond donors (Lipinski definition) is 2. The number of nitrogens with two attached hydrogens (primary N) is 1. The predicted octanol–water partition coefficient (Wildman–Crippen LogP) is 3.69. The molecule has 0 aliphatic carbocycles. The second kappa shape index (κ2) is 9.27. The molecule has 2 aromatic rings. The van der Waals surface area contributed by atoms with E-state index in [0.717, 1.165) is 12.0 Å². The molecule has 3 N–H and O–H groups in total. The van der Waals surface area contributed by atoms with Gasteiger partial charge >= 0.3 is 0 Å². The minimum Gasteiger partial charge on any atom is -0.456 e. The lowest BCUT2D eigenvalue weighted by Gasteiger charge is -2.10. The van der Waals surface area contributed by atoms with Crippen LogP contribution in [-0.2, 0) is 11.3 Å². The van der Waals surface area contributed by atoms with E-state index in [9.17, 15) is 4.79 Å². The predicted molar refractivity (Wildman–Crippen MR) is 98.9 cm³/mol. The number of carbonyl (C=O) groups excluding carboxylic acids is 1. The van der Waals surface area contributed by atoms with Crippen LogP contribution in [0, 0.1) is 0 Å². The molecule has 0 fully saturated rings. The van der Waals surface area contributed by atoms with Crippen LogP contribution in [0.15, 0.2) is 72.2 Å². The zero-order valence-electron chi connectivity index (χ0n) is 14.5. The quantitative estimate of drug-likeness (QED) is 0.597. The summed E-state index contributed by atoms with van der Waals surface area (Å²) in [6, 6.07) is 11.2. The van der Waals surface area contributed by atoms with Crippen LogP contribution < -0.4 is 15.8 Å². The number of ether oxygens (including phenoxy) is 1. The molecule has 0 saturated carbocycles. The van der Waals surface area contributed by atoms with Gasteiger partial charge in [0, 0.05) is 18.4 Å². The number of hydrogen-bond acceptors (Lipinski definition) is 4. The third kappa shape index (κ3) is 5.80. The van der Waals surface area contributed by atoms with Crippen molar-refractivity contribution in [1.82, 2.24) is 10.3 Å². The Morgan fingerprint density at radius 3 is 2.76 bits per heavy atom. The van der Waals surface area contributed by atoms with E-state index in [0.29, 0.717) is 29.3 Å². The Hall–Kier alpha value is -3.08. The van der Waals surface area contributed by atoms with Crippen molar-refractivity contribution in [2.24, 2.45) is 5.73 Å². The normalized spacial score (nSPS) is 11.9. The summed E-state index contributed by atoms with van der Waals surface area (Å²) in [6.45, 7) is 4.11. The Bertz CT molecular complexity index is 764. The number of nitrogens with one attached hydrogen (secondary N) is 1. The van der Waals surface area contributed by atoms with Gasteiger partial charge in [0.2, 0.25) is 0 Å². The van der Waals surface area contributed by atoms with E-state index in [1.807, 2.05) is 49.4 Å². The Kier molecular flexibility index (Phi) is 6.77. The second-order valence-electron chi connectivity index (χ2n) is 5.53. The van der Waals surface area contributed by atoms with Crippen molar-refractivity contribution in [3.8, 4) is 11.5 Å². The maximum absolute atomic E-state index is 12.3. The first kappa shape index (κ1) is 18.3. The van der Waals surface area contributed by atoms with Gasteiger partial charge in [0.1, 0.15) is 11.5 Å². The Morgan fingerprint density at radius 1 is 1.28 bits per heavy atom. The minimum absolute atomic E-state index is 0.191. The smallest absolute Gasteiger partial charge is 0.253 e. The maximum Gasteiger partial charge on any atom is 0.253 e. The van der Waals surface area contributed by atoms with E-state index in [2.05, 4.69) is 10.3 Å². The summed E-state index contributed by atoms with van der Waals surface area (Å²) in [4.78, 5) is 16.3. The largest absolute Gasteiger partial charge is 0.456 e. The fourth-order valence-electron chi connectivity index (χ4n) is 2.16. The van der Waals surface area contributed by atoms with Crippen molar-refractivity contribution in [3.63, 3.8) is 0 Å². The summed E-state index contributed by atoms with van der Waals surface area (Å²) < 4.78 is 5.75. The van der Waals surface area contributed by atoms with Crippen LogP contribution in [0.25, 0.3) is 0 Å². The summed E-state index contributed by atoms with van der Waals surface area (Å²) in [5.41, 5.74) is 7.72. The minimum atomic E-state index is -0.191. The molecule has 0 atom stereocenters. The van der Waals surface area contributed by atoms with Crippen molar-refractivity contribution >= 4 is 5.91 Å². The fourth-order valence-corrected chi connectivity index (χ4v) is 2.16. The molecule has 0 spiro atoms. The lowest BCUT2D eigenvalue weighted by molar-refractivity contribution is -0.117. The zero-order valence-corrected chi connectivity index (χ0v) is 14.5. The van der Waals surface area contributed by atoms with E-state index >= 15 is 0 Å². The van der Waals surface area contributed by atoms with E-state index in [-0.39, 0.29) is 5.91 Å². The summed E-state index contributed by atoms with van der Waals surface area (Å²) in [6.07, 6.45) is 7.85. The van der Waals surface area contributed by atoms with Gasteiger partial charge in [-0.25, -0.2) is 0 Å². The Balaban J connectivity index is 2.01. The maximum atomic E-state index is 12.3. The summed E-state index contributed by atoms with van der Waals surface area (Å²) >= 11 is 0. The topological polar surface area (TPSA) is 77.2 Å². The highest BCUT2D eigenvalue weighted by Crippen LogP contribution is 2.21. The van der Waals surface area contributed by atoms with Crippen molar-refractivity contribution < 1.29 is 9.53 Å². The molecule has 1 amide bonds. The molecule has 1 aromatic heterocycles. The first-order valence-electron chi connectivity index (χ1n) is 8.18. The second-order valence-corrected chi connectivity index (χ2v) is 5.53. The average Bonchev–Trinajstić information content (AvgIpc) is 2.61. The molecule has 1 heterocycles. The van der Waals surface area contributed by atoms with Crippen molar-refractivity contribution in [2.45, 2.75) is 26.8 Å². The first-order chi connectivity index (χ1) is 12.1. The van der Waals surface area contributed by atoms with Crippen LogP contribution in [0.1, 0.15) is 25.8 Å². The molecule has 25 heavy (non-hydrogen) atoms. The zero-order chi connectivity index (χ0) is 18.1. The SMILES string of the molecule is CC/C=C\C(C(=O)NCc1cccc(Oc2cccnc2)c1)=C(/C)N. The molecule has 0 radical (unpaired) electrons. The molecular formula is C20H23N3O2. The van der Waals surface area contributed by atoms with Gasteiger partial charge in [-0.15, -0.1) is 0 Å². The van der Waals surface area contributed by atoms with Gasteiger partial charge in [0.25, 0.3) is 5.91 Å². The highest BCUT2D eigenvalue weighted by molar-refractivity contribution is 5.96. The molecule has 0 aliphatic heterocycles. The molecule has 130 valence electrons. The number of pyridine rings is 1. The van der Waals surface area contributed by atoms with Crippen molar-refractivity contribution in [3.05, 3.63) is 77.8 Å². The lowest BCUT2D eigenvalue weighted by atomic mass is 10.1. The molecular weight excluding hydrogens is 314 g/mol. The van der Waals surface area contributed by atoms with Crippen LogP contribution in [0.2, 0.25) is 0 Å². The summed E-state index contributed by atoms with van der Waals surface area (Å²) in [7, 11) is 0. The van der Waals surface area contributed by atoms with Crippen LogP contribution in [0.3, 0.4) is 0 Å². The number of allylic oxidation sites excluding steroid dienone is 2. The number of rotatable bonds is 7. The monoisotopic (exact) mass is 337 g/mol. The van der Waals surface area contributed by atoms with Crippen LogP contribution in [-0.4, -0.2) is 10.9 Å². The number of amides is 1. The van der Waals surface area contributed by atoms with Crippen LogP contribution in [0.5, 0.6) is 11.5 Å². The first-order valence-corrected chi connectivity index (χ1v) is 8.18. The van der Waals surface area contributed by atoms with Crippen molar-refractivity contribution in [1.29, 1.82) is 0 Å². The highest BCUT2D eigenvalue weighted by Gasteiger charge is 2.08. The fraction of sp³-hybridized carbons (Fsp3) is 0.200. The van der Waals surface area contributed by atoms with Gasteiger partial charge in [-0.3, -0.25) is 9.78 Å². The number of nitrogens with zero attached hydrogens (tertiary/aromatic N) is 1. The van der Waals surface area contributed by atoms with Gasteiger partial charge in [-0.1, -0.05) is 31.2 Å². The van der Waals surface area contributed by atoms with Gasteiger partial charge in [0.15, 0.2) is 0 Å². The Labute approximate surface area is 148 Å². The van der Waals surface area contributed by atoms with E-state index in [4.69, 9.17) is 10.5 Å². The molecule has 5 nitrogen and oxygen atoms in total. The van der Waals surface area contributed by atoms with Gasteiger partial charge in [-0.05, 0) is 43.2 Å². The van der Waals surface area contributed by atoms with Crippen molar-refractivity contribution in [2.75, 3.05) is 0 Å². The standard InChI is InChI=1S/C20H23N3O2/c1-3-4-10-19(15(2)21)20(24)23-13-16-7-5-8-17(12-16)25-18-9-6-11-22-14-18/h4-12,14H,3,13,21H2,1-2H3,(H,23,24)/b10-4-,19-15-. The van der Waals surface area contributed by atoms with Gasteiger partial charge in [0.05, 0.1) is 11.8 Å². The molecule has 0 unspecified atom stereocenters. The van der Waals surface area contributed by atoms with E-state index in [1.54, 1.807) is 25.4 Å². The molecule has 5 heteroatoms. The lowest BCUT2D eigenvalue weighted by Crippen LogP contribution is -2.25. The number of aromatic nitrogens is 1. The number of benzene rings is 1. The van der Waals surface area contributed by atoms with Gasteiger partial charge in [-0.2, -0.15) is 0 Å². The third-order valence-electron chi connectivity index (χ3n) is 3.41. The highest BCUT2D eigenvalue weighted by atomic mass is 16.5. The molecule has 0 bridgehead atoms. The van der Waals surface area contributed by atoms with Gasteiger partial charge < -0.3 is 15.8 Å². The van der Waals surface area contributed by atoms with Crippen LogP contribution >= 0.6 is 0 Å². The van der Waals surface area contributed by atoms with E-state index < -0.39 is 0 Å².